The Bertz CT molecular complexity index is 558. The highest BCUT2D eigenvalue weighted by molar-refractivity contribution is 7.11. The predicted octanol–water partition coefficient (Wildman–Crippen LogP) is 3.23. The number of aliphatic hydroxyl groups is 1. The molecule has 0 aromatic carbocycles. The molecule has 2 aromatic rings. The number of aliphatic hydroxyl groups excluding tert-OH is 1. The van der Waals surface area contributed by atoms with Gasteiger partial charge in [0, 0.05) is 28.5 Å². The van der Waals surface area contributed by atoms with E-state index in [0.29, 0.717) is 0 Å². The van der Waals surface area contributed by atoms with Crippen molar-refractivity contribution in [2.75, 3.05) is 0 Å². The van der Waals surface area contributed by atoms with E-state index in [1.807, 2.05) is 6.20 Å². The van der Waals surface area contributed by atoms with Gasteiger partial charge in [-0.1, -0.05) is 0 Å². The third kappa shape index (κ3) is 1.89. The smallest absolute Gasteiger partial charge is 0.115 e. The summed E-state index contributed by atoms with van der Waals surface area (Å²) in [5.74, 6) is 0. The molecular weight excluding hydrogens is 244 g/mol. The van der Waals surface area contributed by atoms with Gasteiger partial charge < -0.3 is 9.67 Å². The van der Waals surface area contributed by atoms with Crippen molar-refractivity contribution < 1.29 is 5.11 Å². The average molecular weight is 262 g/mol. The Morgan fingerprint density at radius 2 is 2.39 bits per heavy atom. The number of thiazole rings is 1. The number of fused-ring (bicyclic) bond motifs is 1. The van der Waals surface area contributed by atoms with Gasteiger partial charge in [-0.25, -0.2) is 4.98 Å². The summed E-state index contributed by atoms with van der Waals surface area (Å²) in [4.78, 5) is 5.72. The Labute approximate surface area is 111 Å². The maximum Gasteiger partial charge on any atom is 0.115 e. The van der Waals surface area contributed by atoms with Crippen molar-refractivity contribution >= 4 is 11.3 Å². The van der Waals surface area contributed by atoms with Gasteiger partial charge in [0.1, 0.15) is 5.01 Å². The zero-order chi connectivity index (χ0) is 12.7. The maximum absolute atomic E-state index is 10.0. The molecule has 0 fully saturated rings. The molecule has 2 aromatic heterocycles. The van der Waals surface area contributed by atoms with Gasteiger partial charge in [0.15, 0.2) is 0 Å². The molecule has 1 aliphatic carbocycles. The molecule has 3 rings (SSSR count). The first-order chi connectivity index (χ1) is 8.66. The van der Waals surface area contributed by atoms with Crippen LogP contribution in [0, 0.1) is 6.92 Å². The minimum absolute atomic E-state index is 0.262. The Balaban J connectivity index is 1.97. The van der Waals surface area contributed by atoms with Gasteiger partial charge in [0.2, 0.25) is 0 Å². The number of aryl methyl sites for hydroxylation is 1. The minimum atomic E-state index is -0.278. The van der Waals surface area contributed by atoms with Crippen LogP contribution < -0.4 is 0 Å². The summed E-state index contributed by atoms with van der Waals surface area (Å²) in [5, 5.41) is 11.1. The molecule has 3 nitrogen and oxygen atoms in total. The third-order valence-electron chi connectivity index (χ3n) is 3.72. The Hall–Kier alpha value is -1.13. The van der Waals surface area contributed by atoms with E-state index in [-0.39, 0.29) is 12.1 Å². The molecular formula is C14H18N2OS. The summed E-state index contributed by atoms with van der Waals surface area (Å²) < 4.78 is 2.27. The molecule has 4 heteroatoms. The molecule has 96 valence electrons. The van der Waals surface area contributed by atoms with Crippen LogP contribution in [0.15, 0.2) is 18.5 Å². The molecule has 0 spiro atoms. The maximum atomic E-state index is 10.0. The lowest BCUT2D eigenvalue weighted by molar-refractivity contribution is 0.155. The van der Waals surface area contributed by atoms with Gasteiger partial charge in [0.25, 0.3) is 0 Å². The van der Waals surface area contributed by atoms with E-state index in [9.17, 15) is 5.11 Å². The normalized spacial score (nSPS) is 20.7. The molecule has 0 radical (unpaired) electrons. The fourth-order valence-corrected chi connectivity index (χ4v) is 3.56. The summed E-state index contributed by atoms with van der Waals surface area (Å²) in [6.45, 7) is 4.27. The first-order valence-electron chi connectivity index (χ1n) is 6.47. The highest BCUT2D eigenvalue weighted by Crippen LogP contribution is 2.34. The highest BCUT2D eigenvalue weighted by atomic mass is 32.1. The topological polar surface area (TPSA) is 38.0 Å². The summed E-state index contributed by atoms with van der Waals surface area (Å²) >= 11 is 1.75. The average Bonchev–Trinajstić information content (AvgIpc) is 2.95. The van der Waals surface area contributed by atoms with Gasteiger partial charge in [-0.15, -0.1) is 11.3 Å². The molecule has 2 atom stereocenters. The Kier molecular flexibility index (Phi) is 2.99. The molecule has 2 unspecified atom stereocenters. The van der Waals surface area contributed by atoms with E-state index in [0.717, 1.165) is 29.8 Å². The zero-order valence-corrected chi connectivity index (χ0v) is 11.6. The molecule has 0 saturated heterocycles. The lowest BCUT2D eigenvalue weighted by Gasteiger charge is -2.22. The largest absolute Gasteiger partial charge is 0.388 e. The molecule has 0 bridgehead atoms. The second kappa shape index (κ2) is 4.52. The van der Waals surface area contributed by atoms with Crippen LogP contribution in [0.1, 0.15) is 53.1 Å². The molecule has 0 aliphatic heterocycles. The van der Waals surface area contributed by atoms with Crippen LogP contribution in [0.4, 0.5) is 0 Å². The van der Waals surface area contributed by atoms with Gasteiger partial charge in [-0.05, 0) is 39.2 Å². The fourth-order valence-electron chi connectivity index (χ4n) is 2.74. The van der Waals surface area contributed by atoms with Crippen LogP contribution in [0.3, 0.4) is 0 Å². The first kappa shape index (κ1) is 11.9. The number of hydrogen-bond donors (Lipinski definition) is 1. The summed E-state index contributed by atoms with van der Waals surface area (Å²) in [6, 6.07) is 2.33. The molecule has 18 heavy (non-hydrogen) atoms. The lowest BCUT2D eigenvalue weighted by atomic mass is 9.95. The van der Waals surface area contributed by atoms with E-state index in [2.05, 4.69) is 35.7 Å². The zero-order valence-electron chi connectivity index (χ0n) is 10.8. The number of nitrogens with zero attached hydrogens (tertiary/aromatic N) is 2. The quantitative estimate of drug-likeness (QED) is 0.902. The van der Waals surface area contributed by atoms with Crippen LogP contribution in [0.2, 0.25) is 0 Å². The van der Waals surface area contributed by atoms with Crippen LogP contribution in [-0.4, -0.2) is 14.7 Å². The van der Waals surface area contributed by atoms with Crippen LogP contribution >= 0.6 is 11.3 Å². The predicted molar refractivity (Wildman–Crippen MR) is 73.0 cm³/mol. The monoisotopic (exact) mass is 262 g/mol. The van der Waals surface area contributed by atoms with Crippen molar-refractivity contribution in [1.29, 1.82) is 0 Å². The fraction of sp³-hybridized carbons (Fsp3) is 0.500. The summed E-state index contributed by atoms with van der Waals surface area (Å²) in [6.07, 6.45) is 6.78. The van der Waals surface area contributed by atoms with E-state index in [1.165, 1.54) is 10.6 Å². The van der Waals surface area contributed by atoms with Crippen LogP contribution in [0.25, 0.3) is 0 Å². The minimum Gasteiger partial charge on any atom is -0.388 e. The molecule has 0 saturated carbocycles. The highest BCUT2D eigenvalue weighted by Gasteiger charge is 2.24. The molecule has 2 heterocycles. The third-order valence-corrected chi connectivity index (χ3v) is 4.81. The van der Waals surface area contributed by atoms with Gasteiger partial charge in [0.05, 0.1) is 12.1 Å². The summed E-state index contributed by atoms with van der Waals surface area (Å²) in [7, 11) is 0. The van der Waals surface area contributed by atoms with Gasteiger partial charge in [-0.2, -0.15) is 0 Å². The number of rotatable bonds is 2. The van der Waals surface area contributed by atoms with E-state index in [1.54, 1.807) is 11.3 Å². The number of aromatic nitrogens is 2. The van der Waals surface area contributed by atoms with Gasteiger partial charge in [-0.3, -0.25) is 0 Å². The number of hydrogen-bond acceptors (Lipinski definition) is 3. The van der Waals surface area contributed by atoms with Gasteiger partial charge >= 0.3 is 0 Å². The Morgan fingerprint density at radius 3 is 3.11 bits per heavy atom. The van der Waals surface area contributed by atoms with Crippen molar-refractivity contribution in [2.24, 2.45) is 0 Å². The van der Waals surface area contributed by atoms with Crippen molar-refractivity contribution in [3.63, 3.8) is 0 Å². The molecule has 1 N–H and O–H groups in total. The van der Waals surface area contributed by atoms with Crippen molar-refractivity contribution in [3.05, 3.63) is 39.6 Å². The second-order valence-electron chi connectivity index (χ2n) is 5.02. The summed E-state index contributed by atoms with van der Waals surface area (Å²) in [5.41, 5.74) is 2.40. The van der Waals surface area contributed by atoms with Crippen molar-refractivity contribution in [3.8, 4) is 0 Å². The Morgan fingerprint density at radius 1 is 1.56 bits per heavy atom. The molecule has 1 aliphatic rings. The van der Waals surface area contributed by atoms with E-state index >= 15 is 0 Å². The molecule has 0 amide bonds. The second-order valence-corrected chi connectivity index (χ2v) is 6.28. The standard InChI is InChI=1S/C14H18N2OS/c1-9-8-15-14(18-9)10(2)16-7-6-11-12(16)4-3-5-13(11)17/h6-8,10,13,17H,3-5H2,1-2H3. The lowest BCUT2D eigenvalue weighted by Crippen LogP contribution is -2.14. The van der Waals surface area contributed by atoms with Crippen LogP contribution in [0.5, 0.6) is 0 Å². The van der Waals surface area contributed by atoms with E-state index < -0.39 is 0 Å². The van der Waals surface area contributed by atoms with E-state index in [4.69, 9.17) is 0 Å². The van der Waals surface area contributed by atoms with Crippen LogP contribution in [-0.2, 0) is 6.42 Å². The first-order valence-corrected chi connectivity index (χ1v) is 7.28. The SMILES string of the molecule is Cc1cnc(C(C)n2ccc3c2CCCC3O)s1. The van der Waals surface area contributed by atoms with Crippen molar-refractivity contribution in [1.82, 2.24) is 9.55 Å². The van der Waals surface area contributed by atoms with Crippen molar-refractivity contribution in [2.45, 2.75) is 45.3 Å².